The zero-order chi connectivity index (χ0) is 15.3. The minimum atomic E-state index is -0.908. The molecule has 2 amide bonds. The number of thiophene rings is 1. The van der Waals surface area contributed by atoms with Crippen LogP contribution in [0.25, 0.3) is 0 Å². The zero-order valence-corrected chi connectivity index (χ0v) is 12.8. The third kappa shape index (κ3) is 3.95. The van der Waals surface area contributed by atoms with Crippen molar-refractivity contribution in [3.05, 3.63) is 21.9 Å². The molecule has 0 bridgehead atoms. The first-order valence-electron chi connectivity index (χ1n) is 6.89. The normalized spacial score (nSPS) is 17.2. The second-order valence-corrected chi connectivity index (χ2v) is 6.26. The number of amides is 2. The largest absolute Gasteiger partial charge is 0.481 e. The van der Waals surface area contributed by atoms with Crippen molar-refractivity contribution in [2.75, 3.05) is 19.8 Å². The summed E-state index contributed by atoms with van der Waals surface area (Å²) in [4.78, 5) is 24.4. The fraction of sp³-hybridized carbons (Fsp3) is 0.571. The molecule has 1 aromatic heterocycles. The average Bonchev–Trinajstić information content (AvgIpc) is 2.89. The van der Waals surface area contributed by atoms with E-state index in [9.17, 15) is 14.7 Å². The standard InChI is InChI=1S/C14H20N2O4S/c1-10-2-7-21-11(10)8-15-13(19)16-9-14(12(17)18)3-5-20-6-4-14/h2,7H,3-6,8-9H2,1H3,(H,17,18)(H2,15,16,19). The van der Waals surface area contributed by atoms with Gasteiger partial charge in [-0.25, -0.2) is 4.79 Å². The van der Waals surface area contributed by atoms with E-state index in [4.69, 9.17) is 4.74 Å². The van der Waals surface area contributed by atoms with E-state index in [1.54, 1.807) is 11.3 Å². The van der Waals surface area contributed by atoms with Crippen LogP contribution in [0, 0.1) is 12.3 Å². The Labute approximate surface area is 127 Å². The van der Waals surface area contributed by atoms with Crippen LogP contribution in [0.5, 0.6) is 0 Å². The Hall–Kier alpha value is -1.60. The number of aryl methyl sites for hydroxylation is 1. The number of hydrogen-bond acceptors (Lipinski definition) is 4. The van der Waals surface area contributed by atoms with Crippen molar-refractivity contribution in [1.29, 1.82) is 0 Å². The number of ether oxygens (including phenoxy) is 1. The maximum absolute atomic E-state index is 11.8. The van der Waals surface area contributed by atoms with E-state index < -0.39 is 11.4 Å². The number of urea groups is 1. The number of rotatable bonds is 5. The highest BCUT2D eigenvalue weighted by atomic mass is 32.1. The van der Waals surface area contributed by atoms with Gasteiger partial charge in [-0.1, -0.05) is 0 Å². The zero-order valence-electron chi connectivity index (χ0n) is 12.0. The molecule has 1 aromatic rings. The molecule has 6 nitrogen and oxygen atoms in total. The van der Waals surface area contributed by atoms with E-state index in [1.807, 2.05) is 18.4 Å². The van der Waals surface area contributed by atoms with E-state index >= 15 is 0 Å². The van der Waals surface area contributed by atoms with Gasteiger partial charge in [0.05, 0.1) is 12.0 Å². The fourth-order valence-electron chi connectivity index (χ4n) is 2.29. The van der Waals surface area contributed by atoms with Crippen molar-refractivity contribution in [1.82, 2.24) is 10.6 Å². The Balaban J connectivity index is 1.82. The van der Waals surface area contributed by atoms with Crippen LogP contribution < -0.4 is 10.6 Å². The molecule has 1 saturated heterocycles. The van der Waals surface area contributed by atoms with Crippen LogP contribution >= 0.6 is 11.3 Å². The van der Waals surface area contributed by atoms with Crippen LogP contribution in [-0.4, -0.2) is 36.9 Å². The summed E-state index contributed by atoms with van der Waals surface area (Å²) >= 11 is 1.59. The van der Waals surface area contributed by atoms with Gasteiger partial charge in [0.2, 0.25) is 0 Å². The Kier molecular flexibility index (Phi) is 5.19. The van der Waals surface area contributed by atoms with Gasteiger partial charge in [0, 0.05) is 24.6 Å². The second-order valence-electron chi connectivity index (χ2n) is 5.26. The lowest BCUT2D eigenvalue weighted by molar-refractivity contribution is -0.154. The molecule has 2 rings (SSSR count). The van der Waals surface area contributed by atoms with Gasteiger partial charge in [-0.15, -0.1) is 11.3 Å². The summed E-state index contributed by atoms with van der Waals surface area (Å²) in [5.74, 6) is -0.875. The summed E-state index contributed by atoms with van der Waals surface area (Å²) in [5, 5.41) is 16.8. The molecule has 3 N–H and O–H groups in total. The van der Waals surface area contributed by atoms with Crippen molar-refractivity contribution in [2.45, 2.75) is 26.3 Å². The highest BCUT2D eigenvalue weighted by Gasteiger charge is 2.40. The smallest absolute Gasteiger partial charge is 0.315 e. The number of carboxylic acid groups (broad SMARTS) is 1. The van der Waals surface area contributed by atoms with Crippen molar-refractivity contribution in [3.8, 4) is 0 Å². The lowest BCUT2D eigenvalue weighted by Gasteiger charge is -2.33. The van der Waals surface area contributed by atoms with Crippen LogP contribution in [0.4, 0.5) is 4.79 Å². The highest BCUT2D eigenvalue weighted by Crippen LogP contribution is 2.30. The second kappa shape index (κ2) is 6.91. The summed E-state index contributed by atoms with van der Waals surface area (Å²) in [6.45, 7) is 3.42. The monoisotopic (exact) mass is 312 g/mol. The van der Waals surface area contributed by atoms with Crippen LogP contribution in [0.1, 0.15) is 23.3 Å². The predicted octanol–water partition coefficient (Wildman–Crippen LogP) is 1.74. The minimum absolute atomic E-state index is 0.126. The number of aliphatic carboxylic acids is 1. The summed E-state index contributed by atoms with van der Waals surface area (Å²) in [7, 11) is 0. The molecule has 0 atom stereocenters. The van der Waals surface area contributed by atoms with Crippen molar-refractivity contribution < 1.29 is 19.4 Å². The van der Waals surface area contributed by atoms with E-state index in [1.165, 1.54) is 0 Å². The molecule has 116 valence electrons. The van der Waals surface area contributed by atoms with Gasteiger partial charge in [0.1, 0.15) is 0 Å². The maximum Gasteiger partial charge on any atom is 0.315 e. The Bertz CT molecular complexity index is 509. The van der Waals surface area contributed by atoms with Gasteiger partial charge >= 0.3 is 12.0 Å². The van der Waals surface area contributed by atoms with Gasteiger partial charge in [0.15, 0.2) is 0 Å². The number of carbonyl (C=O) groups is 2. The van der Waals surface area contributed by atoms with E-state index in [0.717, 1.165) is 10.4 Å². The Morgan fingerprint density at radius 1 is 1.38 bits per heavy atom. The van der Waals surface area contributed by atoms with E-state index in [0.29, 0.717) is 32.6 Å². The first-order chi connectivity index (χ1) is 10.0. The molecule has 2 heterocycles. The molecule has 7 heteroatoms. The molecule has 0 aromatic carbocycles. The first-order valence-corrected chi connectivity index (χ1v) is 7.77. The minimum Gasteiger partial charge on any atom is -0.481 e. The molecule has 0 saturated carbocycles. The number of carbonyl (C=O) groups excluding carboxylic acids is 1. The molecular weight excluding hydrogens is 292 g/mol. The molecule has 1 aliphatic heterocycles. The summed E-state index contributed by atoms with van der Waals surface area (Å²) < 4.78 is 5.20. The number of hydrogen-bond donors (Lipinski definition) is 3. The van der Waals surface area contributed by atoms with Crippen LogP contribution in [0.2, 0.25) is 0 Å². The average molecular weight is 312 g/mol. The Morgan fingerprint density at radius 2 is 2.10 bits per heavy atom. The van der Waals surface area contributed by atoms with Crippen LogP contribution in [-0.2, 0) is 16.1 Å². The van der Waals surface area contributed by atoms with Crippen molar-refractivity contribution in [3.63, 3.8) is 0 Å². The topological polar surface area (TPSA) is 87.7 Å². The first kappa shape index (κ1) is 15.8. The lowest BCUT2D eigenvalue weighted by Crippen LogP contribution is -2.48. The van der Waals surface area contributed by atoms with Gasteiger partial charge in [-0.2, -0.15) is 0 Å². The van der Waals surface area contributed by atoms with E-state index in [-0.39, 0.29) is 12.6 Å². The van der Waals surface area contributed by atoms with Crippen molar-refractivity contribution in [2.24, 2.45) is 5.41 Å². The molecule has 0 radical (unpaired) electrons. The number of nitrogens with one attached hydrogen (secondary N) is 2. The highest BCUT2D eigenvalue weighted by molar-refractivity contribution is 7.10. The summed E-state index contributed by atoms with van der Waals surface area (Å²) in [6.07, 6.45) is 0.847. The van der Waals surface area contributed by atoms with Gasteiger partial charge in [-0.3, -0.25) is 4.79 Å². The SMILES string of the molecule is Cc1ccsc1CNC(=O)NCC1(C(=O)O)CCOCC1. The quantitative estimate of drug-likeness (QED) is 0.773. The van der Waals surface area contributed by atoms with Gasteiger partial charge in [0.25, 0.3) is 0 Å². The van der Waals surface area contributed by atoms with Crippen LogP contribution in [0.15, 0.2) is 11.4 Å². The molecule has 0 aliphatic carbocycles. The maximum atomic E-state index is 11.8. The van der Waals surface area contributed by atoms with Crippen LogP contribution in [0.3, 0.4) is 0 Å². The third-order valence-electron chi connectivity index (χ3n) is 3.87. The number of carboxylic acids is 1. The van der Waals surface area contributed by atoms with E-state index in [2.05, 4.69) is 10.6 Å². The third-order valence-corrected chi connectivity index (χ3v) is 4.89. The molecular formula is C14H20N2O4S. The van der Waals surface area contributed by atoms with Crippen molar-refractivity contribution >= 4 is 23.3 Å². The van der Waals surface area contributed by atoms with Gasteiger partial charge < -0.3 is 20.5 Å². The molecule has 0 spiro atoms. The van der Waals surface area contributed by atoms with Gasteiger partial charge in [-0.05, 0) is 36.8 Å². The lowest BCUT2D eigenvalue weighted by atomic mass is 9.80. The molecule has 21 heavy (non-hydrogen) atoms. The molecule has 1 fully saturated rings. The predicted molar refractivity (Wildman–Crippen MR) is 79.4 cm³/mol. The Morgan fingerprint density at radius 3 is 2.67 bits per heavy atom. The summed E-state index contributed by atoms with van der Waals surface area (Å²) in [5.41, 5.74) is 0.237. The fourth-order valence-corrected chi connectivity index (χ4v) is 3.13. The molecule has 1 aliphatic rings. The summed E-state index contributed by atoms with van der Waals surface area (Å²) in [6, 6.07) is 1.66. The molecule has 0 unspecified atom stereocenters.